The monoisotopic (exact) mass is 139 g/mol. The molecule has 0 amide bonds. The molecule has 0 spiro atoms. The van der Waals surface area contributed by atoms with Crippen molar-refractivity contribution in [2.45, 2.75) is 53.4 Å². The molecule has 0 N–H and O–H groups in total. The molecule has 0 saturated carbocycles. The third-order valence-electron chi connectivity index (χ3n) is 1.000. The molecule has 0 aromatic rings. The van der Waals surface area contributed by atoms with Crippen LogP contribution in [0.5, 0.6) is 0 Å². The van der Waals surface area contributed by atoms with Gasteiger partial charge in [-0.05, 0) is 0 Å². The summed E-state index contributed by atoms with van der Waals surface area (Å²) in [5.41, 5.74) is 0. The standard InChI is InChI=1S/2C4H10.Na/c2*1-3-4-2;/h2*3-4H2,1-2H3;. The fourth-order valence-corrected chi connectivity index (χ4v) is 0. The van der Waals surface area contributed by atoms with Crippen LogP contribution in [0.2, 0.25) is 0 Å². The van der Waals surface area contributed by atoms with Crippen molar-refractivity contribution in [3.63, 3.8) is 0 Å². The van der Waals surface area contributed by atoms with E-state index in [0.717, 1.165) is 0 Å². The van der Waals surface area contributed by atoms with Gasteiger partial charge in [-0.1, -0.05) is 53.4 Å². The Balaban J connectivity index is -0.0000000720. The maximum atomic E-state index is 2.18. The average Bonchev–Trinajstić information content (AvgIpc) is 1.88. The van der Waals surface area contributed by atoms with E-state index in [1.807, 2.05) is 0 Å². The Morgan fingerprint density at radius 1 is 0.556 bits per heavy atom. The summed E-state index contributed by atoms with van der Waals surface area (Å²) < 4.78 is 0. The molecule has 0 heterocycles. The molecule has 0 rings (SSSR count). The van der Waals surface area contributed by atoms with E-state index in [1.54, 1.807) is 0 Å². The van der Waals surface area contributed by atoms with Crippen LogP contribution >= 0.6 is 0 Å². The van der Waals surface area contributed by atoms with E-state index in [1.165, 1.54) is 25.7 Å². The Bertz CT molecular complexity index is 12.5. The third kappa shape index (κ3) is 49.0. The van der Waals surface area contributed by atoms with Crippen molar-refractivity contribution in [3.8, 4) is 0 Å². The molecule has 0 aliphatic heterocycles. The van der Waals surface area contributed by atoms with Crippen LogP contribution in [0.25, 0.3) is 0 Å². The molecule has 0 aromatic carbocycles. The van der Waals surface area contributed by atoms with E-state index in [-0.39, 0.29) is 29.6 Å². The van der Waals surface area contributed by atoms with Gasteiger partial charge in [0.25, 0.3) is 0 Å². The van der Waals surface area contributed by atoms with Gasteiger partial charge in [0.05, 0.1) is 0 Å². The molecule has 0 aliphatic carbocycles. The molecule has 9 heavy (non-hydrogen) atoms. The molecule has 0 bridgehead atoms. The van der Waals surface area contributed by atoms with E-state index >= 15 is 0 Å². The fraction of sp³-hybridized carbons (Fsp3) is 1.00. The Hall–Kier alpha value is 1.00. The van der Waals surface area contributed by atoms with Gasteiger partial charge in [0.15, 0.2) is 0 Å². The summed E-state index contributed by atoms with van der Waals surface area (Å²) in [5, 5.41) is 0. The van der Waals surface area contributed by atoms with E-state index < -0.39 is 0 Å². The van der Waals surface area contributed by atoms with Crippen molar-refractivity contribution < 1.29 is 0 Å². The number of unbranched alkanes of at least 4 members (excludes halogenated alkanes) is 2. The summed E-state index contributed by atoms with van der Waals surface area (Å²) in [7, 11) is 0. The minimum Gasteiger partial charge on any atom is -0.0654 e. The second-order valence-corrected chi connectivity index (χ2v) is 2.00. The summed E-state index contributed by atoms with van der Waals surface area (Å²) in [6.07, 6.45) is 5.28. The second-order valence-electron chi connectivity index (χ2n) is 2.00. The van der Waals surface area contributed by atoms with E-state index in [9.17, 15) is 0 Å². The zero-order chi connectivity index (χ0) is 6.83. The SMILES string of the molecule is CCCC.CCCC.[Na]. The number of rotatable bonds is 2. The van der Waals surface area contributed by atoms with Gasteiger partial charge in [-0.3, -0.25) is 0 Å². The van der Waals surface area contributed by atoms with Crippen molar-refractivity contribution in [2.75, 3.05) is 0 Å². The topological polar surface area (TPSA) is 0 Å². The van der Waals surface area contributed by atoms with Gasteiger partial charge in [-0.15, -0.1) is 0 Å². The predicted octanol–water partition coefficient (Wildman–Crippen LogP) is 3.23. The molecular formula is C8H20Na. The molecule has 0 saturated heterocycles. The van der Waals surface area contributed by atoms with Crippen molar-refractivity contribution in [1.29, 1.82) is 0 Å². The predicted molar refractivity (Wildman–Crippen MR) is 46.9 cm³/mol. The summed E-state index contributed by atoms with van der Waals surface area (Å²) in [6.45, 7) is 8.72. The smallest absolute Gasteiger partial charge is 0 e. The first-order chi connectivity index (χ1) is 3.83. The minimum atomic E-state index is 0. The van der Waals surface area contributed by atoms with Gasteiger partial charge >= 0.3 is 0 Å². The minimum absolute atomic E-state index is 0. The van der Waals surface area contributed by atoms with E-state index in [4.69, 9.17) is 0 Å². The Labute approximate surface area is 82.7 Å². The van der Waals surface area contributed by atoms with Gasteiger partial charge in [0.2, 0.25) is 0 Å². The van der Waals surface area contributed by atoms with Crippen LogP contribution in [0.3, 0.4) is 0 Å². The number of hydrogen-bond acceptors (Lipinski definition) is 0. The molecule has 0 nitrogen and oxygen atoms in total. The molecule has 1 heteroatoms. The zero-order valence-corrected chi connectivity index (χ0v) is 9.83. The first-order valence-electron chi connectivity index (χ1n) is 3.83. The van der Waals surface area contributed by atoms with Crippen molar-refractivity contribution >= 4 is 29.6 Å². The first-order valence-corrected chi connectivity index (χ1v) is 3.83. The summed E-state index contributed by atoms with van der Waals surface area (Å²) in [5.74, 6) is 0. The number of hydrogen-bond donors (Lipinski definition) is 0. The molecule has 0 aromatic heterocycles. The molecule has 0 aliphatic rings. The van der Waals surface area contributed by atoms with Gasteiger partial charge in [-0.25, -0.2) is 0 Å². The van der Waals surface area contributed by atoms with Crippen LogP contribution < -0.4 is 0 Å². The van der Waals surface area contributed by atoms with Gasteiger partial charge < -0.3 is 0 Å². The van der Waals surface area contributed by atoms with Crippen molar-refractivity contribution in [3.05, 3.63) is 0 Å². The Morgan fingerprint density at radius 3 is 0.667 bits per heavy atom. The molecule has 53 valence electrons. The summed E-state index contributed by atoms with van der Waals surface area (Å²) in [6, 6.07) is 0. The molecule has 0 atom stereocenters. The maximum absolute atomic E-state index is 2.18. The molecular weight excluding hydrogens is 119 g/mol. The second kappa shape index (κ2) is 23.0. The van der Waals surface area contributed by atoms with Crippen LogP contribution in [0.1, 0.15) is 53.4 Å². The van der Waals surface area contributed by atoms with Crippen molar-refractivity contribution in [1.82, 2.24) is 0 Å². The van der Waals surface area contributed by atoms with Gasteiger partial charge in [0, 0.05) is 29.6 Å². The zero-order valence-electron chi connectivity index (χ0n) is 7.83. The quantitative estimate of drug-likeness (QED) is 0.515. The molecule has 1 radical (unpaired) electrons. The summed E-state index contributed by atoms with van der Waals surface area (Å²) >= 11 is 0. The maximum Gasteiger partial charge on any atom is 0 e. The first kappa shape index (κ1) is 16.5. The van der Waals surface area contributed by atoms with E-state index in [2.05, 4.69) is 27.7 Å². The normalized spacial score (nSPS) is 6.67. The Morgan fingerprint density at radius 2 is 0.667 bits per heavy atom. The van der Waals surface area contributed by atoms with Gasteiger partial charge in [0.1, 0.15) is 0 Å². The average molecular weight is 139 g/mol. The van der Waals surface area contributed by atoms with Gasteiger partial charge in [-0.2, -0.15) is 0 Å². The molecule has 0 fully saturated rings. The van der Waals surface area contributed by atoms with Crippen LogP contribution in [0.15, 0.2) is 0 Å². The van der Waals surface area contributed by atoms with Crippen LogP contribution in [0, 0.1) is 0 Å². The fourth-order valence-electron chi connectivity index (χ4n) is 0. The Kier molecular flexibility index (Phi) is 42.3. The largest absolute Gasteiger partial charge is 0.0654 e. The van der Waals surface area contributed by atoms with Crippen LogP contribution in [0.4, 0.5) is 0 Å². The third-order valence-corrected chi connectivity index (χ3v) is 1.000. The van der Waals surface area contributed by atoms with E-state index in [0.29, 0.717) is 0 Å². The van der Waals surface area contributed by atoms with Crippen LogP contribution in [-0.2, 0) is 0 Å². The van der Waals surface area contributed by atoms with Crippen molar-refractivity contribution in [2.24, 2.45) is 0 Å². The molecule has 0 unspecified atom stereocenters. The summed E-state index contributed by atoms with van der Waals surface area (Å²) in [4.78, 5) is 0. The van der Waals surface area contributed by atoms with Crippen LogP contribution in [-0.4, -0.2) is 29.6 Å².